The highest BCUT2D eigenvalue weighted by Crippen LogP contribution is 2.19. The van der Waals surface area contributed by atoms with Crippen molar-refractivity contribution < 1.29 is 14.4 Å². The predicted octanol–water partition coefficient (Wildman–Crippen LogP) is 9.07. The average molecular weight is 695 g/mol. The van der Waals surface area contributed by atoms with Gasteiger partial charge in [-0.15, -0.1) is 0 Å². The van der Waals surface area contributed by atoms with Gasteiger partial charge in [-0.3, -0.25) is 9.59 Å². The molecule has 0 bridgehead atoms. The Hall–Kier alpha value is -3.61. The molecule has 50 heavy (non-hydrogen) atoms. The Kier molecular flexibility index (Phi) is 27.3. The third-order valence-electron chi connectivity index (χ3n) is 8.36. The largest absolute Gasteiger partial charge is 0.378 e. The molecule has 2 rings (SSSR count). The predicted molar refractivity (Wildman–Crippen MR) is 216 cm³/mol. The molecule has 0 aromatic heterocycles. The summed E-state index contributed by atoms with van der Waals surface area (Å²) in [6.45, 7) is 33.5. The van der Waals surface area contributed by atoms with Crippen molar-refractivity contribution in [1.82, 2.24) is 21.3 Å². The van der Waals surface area contributed by atoms with Crippen LogP contribution in [0, 0.1) is 36.5 Å². The molecular formula is C43H74N4O3. The van der Waals surface area contributed by atoms with Gasteiger partial charge < -0.3 is 26.1 Å². The lowest BCUT2D eigenvalue weighted by Crippen LogP contribution is -2.49. The van der Waals surface area contributed by atoms with Gasteiger partial charge in [0, 0.05) is 24.5 Å². The lowest BCUT2D eigenvalue weighted by molar-refractivity contribution is -0.124. The summed E-state index contributed by atoms with van der Waals surface area (Å²) in [6, 6.07) is 10.1. The minimum Gasteiger partial charge on any atom is -0.378 e. The normalized spacial score (nSPS) is 13.5. The van der Waals surface area contributed by atoms with Crippen molar-refractivity contribution in [1.29, 1.82) is 0 Å². The summed E-state index contributed by atoms with van der Waals surface area (Å²) in [7, 11) is 1.65. The maximum atomic E-state index is 13.0. The summed E-state index contributed by atoms with van der Waals surface area (Å²) in [5.41, 5.74) is 4.64. The number of nitrogens with one attached hydrogen (secondary N) is 4. The molecule has 1 aliphatic carbocycles. The molecule has 284 valence electrons. The Labute approximate surface area is 307 Å². The second kappa shape index (κ2) is 28.1. The number of benzene rings is 1. The summed E-state index contributed by atoms with van der Waals surface area (Å²) >= 11 is 0. The molecule has 1 aliphatic rings. The van der Waals surface area contributed by atoms with E-state index in [0.29, 0.717) is 23.7 Å². The molecular weight excluding hydrogens is 620 g/mol. The quantitative estimate of drug-likeness (QED) is 0.123. The van der Waals surface area contributed by atoms with Crippen molar-refractivity contribution >= 4 is 18.6 Å². The molecule has 7 nitrogen and oxygen atoms in total. The minimum atomic E-state index is -0.191. The molecule has 3 atom stereocenters. The van der Waals surface area contributed by atoms with Crippen LogP contribution in [0.25, 0.3) is 0 Å². The van der Waals surface area contributed by atoms with E-state index in [0.717, 1.165) is 49.9 Å². The first-order valence-corrected chi connectivity index (χ1v) is 18.5. The number of carbonyl (C=O) groups excluding carboxylic acids is 3. The second-order valence-electron chi connectivity index (χ2n) is 15.0. The van der Waals surface area contributed by atoms with Gasteiger partial charge in [-0.1, -0.05) is 142 Å². The highest BCUT2D eigenvalue weighted by Gasteiger charge is 2.24. The van der Waals surface area contributed by atoms with E-state index in [1.54, 1.807) is 7.05 Å². The van der Waals surface area contributed by atoms with Gasteiger partial charge in [0.05, 0.1) is 0 Å². The number of carbonyl (C=O) groups is 3. The van der Waals surface area contributed by atoms with Crippen molar-refractivity contribution in [3.05, 3.63) is 84.2 Å². The molecule has 1 aromatic rings. The van der Waals surface area contributed by atoms with E-state index in [9.17, 15) is 9.59 Å². The maximum absolute atomic E-state index is 13.0. The Morgan fingerprint density at radius 1 is 0.780 bits per heavy atom. The number of hydrogen-bond acceptors (Lipinski definition) is 5. The van der Waals surface area contributed by atoms with Crippen LogP contribution in [-0.2, 0) is 14.4 Å². The molecule has 1 aromatic carbocycles. The number of allylic oxidation sites excluding steroid dienone is 6. The van der Waals surface area contributed by atoms with Crippen LogP contribution in [0.4, 0.5) is 0 Å². The monoisotopic (exact) mass is 695 g/mol. The number of aryl methyl sites for hydroxylation is 1. The van der Waals surface area contributed by atoms with E-state index in [-0.39, 0.29) is 35.9 Å². The van der Waals surface area contributed by atoms with Crippen LogP contribution in [0.3, 0.4) is 0 Å². The van der Waals surface area contributed by atoms with Gasteiger partial charge in [0.1, 0.15) is 18.9 Å². The van der Waals surface area contributed by atoms with Crippen molar-refractivity contribution in [3.8, 4) is 0 Å². The fraction of sp³-hybridized carbons (Fsp3) is 0.605. The smallest absolute Gasteiger partial charge is 0.242 e. The Morgan fingerprint density at radius 3 is 1.78 bits per heavy atom. The lowest BCUT2D eigenvalue weighted by atomic mass is 9.93. The molecule has 4 N–H and O–H groups in total. The Bertz CT molecular complexity index is 1150. The number of rotatable bonds is 18. The summed E-state index contributed by atoms with van der Waals surface area (Å²) in [6.07, 6.45) is 12.3. The van der Waals surface area contributed by atoms with Gasteiger partial charge in [-0.25, -0.2) is 0 Å². The first-order chi connectivity index (χ1) is 23.5. The van der Waals surface area contributed by atoms with Crippen molar-refractivity contribution in [2.24, 2.45) is 29.6 Å². The second-order valence-corrected chi connectivity index (χ2v) is 15.0. The lowest BCUT2D eigenvalue weighted by Gasteiger charge is -2.28. The first kappa shape index (κ1) is 48.5. The first-order valence-electron chi connectivity index (χ1n) is 18.5. The van der Waals surface area contributed by atoms with Crippen LogP contribution < -0.4 is 21.3 Å². The van der Waals surface area contributed by atoms with E-state index in [1.165, 1.54) is 11.1 Å². The minimum absolute atomic E-state index is 0.0156. The third kappa shape index (κ3) is 23.7. The summed E-state index contributed by atoms with van der Waals surface area (Å²) in [5, 5.41) is 12.6. The van der Waals surface area contributed by atoms with Crippen molar-refractivity contribution in [2.75, 3.05) is 7.05 Å². The van der Waals surface area contributed by atoms with Gasteiger partial charge in [-0.05, 0) is 75.0 Å². The molecule has 2 amide bonds. The summed E-state index contributed by atoms with van der Waals surface area (Å²) in [4.78, 5) is 32.5. The number of likely N-dealkylation sites (N-methyl/N-ethyl adjacent to an activating group) is 1. The Morgan fingerprint density at radius 2 is 1.38 bits per heavy atom. The van der Waals surface area contributed by atoms with Crippen LogP contribution in [0.2, 0.25) is 0 Å². The zero-order valence-corrected chi connectivity index (χ0v) is 33.8. The summed E-state index contributed by atoms with van der Waals surface area (Å²) in [5.74, 6) is 2.34. The van der Waals surface area contributed by atoms with Crippen LogP contribution in [0.15, 0.2) is 78.7 Å². The van der Waals surface area contributed by atoms with Gasteiger partial charge in [0.2, 0.25) is 11.8 Å². The van der Waals surface area contributed by atoms with E-state index in [1.807, 2.05) is 38.8 Å². The molecule has 0 heterocycles. The number of hydrogen-bond donors (Lipinski definition) is 4. The van der Waals surface area contributed by atoms with Gasteiger partial charge in [0.25, 0.3) is 0 Å². The Balaban J connectivity index is 0. The molecule has 0 radical (unpaired) electrons. The zero-order valence-electron chi connectivity index (χ0n) is 33.8. The molecule has 0 aliphatic heterocycles. The van der Waals surface area contributed by atoms with Crippen LogP contribution in [0.1, 0.15) is 113 Å². The van der Waals surface area contributed by atoms with E-state index in [4.69, 9.17) is 4.79 Å². The maximum Gasteiger partial charge on any atom is 0.242 e. The third-order valence-corrected chi connectivity index (χ3v) is 8.36. The van der Waals surface area contributed by atoms with Gasteiger partial charge in [0.15, 0.2) is 0 Å². The van der Waals surface area contributed by atoms with Crippen molar-refractivity contribution in [3.63, 3.8) is 0 Å². The number of amides is 2. The van der Waals surface area contributed by atoms with Crippen LogP contribution in [-0.4, -0.2) is 43.8 Å². The fourth-order valence-corrected chi connectivity index (χ4v) is 4.96. The SMILES string of the molecule is C=C(CCC1=CC=CC1)NC(CCC(C)C)C(=O)N[C@@H](CC(C)C)C(C)C.C=C(N[C@H](C(=O)NC)C(C)C)C(C)C.C=O.Cc1ccccc1. The van der Waals surface area contributed by atoms with Gasteiger partial charge >= 0.3 is 0 Å². The van der Waals surface area contributed by atoms with Gasteiger partial charge in [-0.2, -0.15) is 0 Å². The molecule has 0 saturated carbocycles. The highest BCUT2D eigenvalue weighted by atomic mass is 16.2. The topological polar surface area (TPSA) is 99.3 Å². The summed E-state index contributed by atoms with van der Waals surface area (Å²) < 4.78 is 0. The average Bonchev–Trinajstić information content (AvgIpc) is 3.59. The zero-order chi connectivity index (χ0) is 38.8. The highest BCUT2D eigenvalue weighted by molar-refractivity contribution is 5.82. The fourth-order valence-electron chi connectivity index (χ4n) is 4.96. The van der Waals surface area contributed by atoms with Crippen molar-refractivity contribution in [2.45, 2.75) is 133 Å². The molecule has 0 spiro atoms. The van der Waals surface area contributed by atoms with E-state index in [2.05, 4.69) is 127 Å². The van der Waals surface area contributed by atoms with E-state index >= 15 is 0 Å². The van der Waals surface area contributed by atoms with E-state index < -0.39 is 0 Å². The van der Waals surface area contributed by atoms with Crippen LogP contribution >= 0.6 is 0 Å². The molecule has 0 saturated heterocycles. The standard InChI is InChI=1S/C24H42N2O.C11H22N2O.C7H8.CH2O/c1-17(2)12-15-22(24(27)26-23(19(5)6)16-18(3)4)25-20(7)13-14-21-10-8-9-11-21;1-7(2)9(5)13-10(8(3)4)11(14)12-6;1-7-5-3-2-4-6-7;1-2/h8-10,17-19,22-23,25H,7,11-16H2,1-6H3,(H,26,27);7-8,10,13H,5H2,1-4,6H3,(H,12,14);2-6H,1H3;1H2/t22?,23-;10-;;/m00../s1. The molecule has 7 heteroatoms. The molecule has 0 fully saturated rings. The van der Waals surface area contributed by atoms with Crippen LogP contribution in [0.5, 0.6) is 0 Å². The molecule has 1 unspecified atom stereocenters.